The minimum Gasteiger partial charge on any atom is -0.301 e. The van der Waals surface area contributed by atoms with Crippen LogP contribution in [0, 0.1) is 0 Å². The van der Waals surface area contributed by atoms with Crippen LogP contribution in [0.1, 0.15) is 25.3 Å². The van der Waals surface area contributed by atoms with E-state index in [2.05, 4.69) is 11.8 Å². The monoisotopic (exact) mass is 236 g/mol. The summed E-state index contributed by atoms with van der Waals surface area (Å²) < 4.78 is 0. The Bertz CT molecular complexity index is 369. The van der Waals surface area contributed by atoms with Gasteiger partial charge in [-0.25, -0.2) is 0 Å². The summed E-state index contributed by atoms with van der Waals surface area (Å²) in [4.78, 5) is 2.16. The second-order valence-electron chi connectivity index (χ2n) is 4.99. The minimum atomic E-state index is -0.706. The molecule has 1 heterocycles. The average molecular weight is 236 g/mol. The molecule has 0 bridgehead atoms. The number of likely N-dealkylation sites (N-methyl/N-ethyl adjacent to an activating group) is 1. The van der Waals surface area contributed by atoms with Crippen molar-refractivity contribution in [3.8, 4) is 0 Å². The summed E-state index contributed by atoms with van der Waals surface area (Å²) in [5.74, 6) is 0. The lowest BCUT2D eigenvalue weighted by atomic mass is 9.81. The van der Waals surface area contributed by atoms with Gasteiger partial charge >= 0.3 is 0 Å². The molecule has 1 fully saturated rings. The Labute approximate surface area is 102 Å². The Morgan fingerprint density at radius 1 is 1.29 bits per heavy atom. The second-order valence-corrected chi connectivity index (χ2v) is 4.99. The molecule has 0 spiro atoms. The molecular formula is C13H20N2O2. The molecule has 2 unspecified atom stereocenters. The molecule has 1 saturated heterocycles. The zero-order chi connectivity index (χ0) is 12.5. The Morgan fingerprint density at radius 2 is 1.94 bits per heavy atom. The maximum atomic E-state index is 9.65. The molecule has 2 rings (SSSR count). The van der Waals surface area contributed by atoms with Crippen molar-refractivity contribution in [2.24, 2.45) is 0 Å². The van der Waals surface area contributed by atoms with E-state index in [1.807, 2.05) is 37.4 Å². The van der Waals surface area contributed by atoms with E-state index in [4.69, 9.17) is 0 Å². The molecule has 0 saturated carbocycles. The van der Waals surface area contributed by atoms with E-state index in [1.54, 1.807) is 0 Å². The van der Waals surface area contributed by atoms with Gasteiger partial charge in [-0.1, -0.05) is 35.6 Å². The average Bonchev–Trinajstić information content (AvgIpc) is 2.33. The Kier molecular flexibility index (Phi) is 3.49. The fraction of sp³-hybridized carbons (Fsp3) is 0.538. The highest BCUT2D eigenvalue weighted by Gasteiger charge is 2.43. The summed E-state index contributed by atoms with van der Waals surface area (Å²) in [5, 5.41) is 19.7. The molecule has 4 nitrogen and oxygen atoms in total. The molecular weight excluding hydrogens is 216 g/mol. The van der Waals surface area contributed by atoms with Crippen molar-refractivity contribution in [1.29, 1.82) is 0 Å². The minimum absolute atomic E-state index is 0.394. The number of likely N-dealkylation sites (tertiary alicyclic amines) is 1. The van der Waals surface area contributed by atoms with Gasteiger partial charge in [0.2, 0.25) is 0 Å². The second kappa shape index (κ2) is 4.74. The molecule has 1 aliphatic rings. The maximum Gasteiger partial charge on any atom is 0.111 e. The van der Waals surface area contributed by atoms with E-state index >= 15 is 0 Å². The zero-order valence-electron chi connectivity index (χ0n) is 10.4. The predicted molar refractivity (Wildman–Crippen MR) is 64.9 cm³/mol. The van der Waals surface area contributed by atoms with Gasteiger partial charge in [-0.3, -0.25) is 10.4 Å². The first-order valence-corrected chi connectivity index (χ1v) is 6.00. The quantitative estimate of drug-likeness (QED) is 0.772. The number of hydroxylamine groups is 2. The zero-order valence-corrected chi connectivity index (χ0v) is 10.4. The molecule has 0 amide bonds. The highest BCUT2D eigenvalue weighted by atomic mass is 16.8. The van der Waals surface area contributed by atoms with Gasteiger partial charge in [0.15, 0.2) is 0 Å². The highest BCUT2D eigenvalue weighted by Crippen LogP contribution is 2.37. The molecule has 1 aliphatic heterocycles. The fourth-order valence-corrected chi connectivity index (χ4v) is 2.58. The summed E-state index contributed by atoms with van der Waals surface area (Å²) in [7, 11) is 2.02. The van der Waals surface area contributed by atoms with Crippen molar-refractivity contribution < 1.29 is 10.4 Å². The summed E-state index contributed by atoms with van der Waals surface area (Å²) in [6, 6.07) is 10.2. The number of rotatable bonds is 2. The SMILES string of the molecule is CC1CCC(c2ccccc2)(N(O)O)CN1C. The summed E-state index contributed by atoms with van der Waals surface area (Å²) in [6.45, 7) is 2.78. The van der Waals surface area contributed by atoms with E-state index in [0.29, 0.717) is 17.8 Å². The van der Waals surface area contributed by atoms with Crippen LogP contribution in [0.3, 0.4) is 0 Å². The van der Waals surface area contributed by atoms with Crippen molar-refractivity contribution >= 4 is 0 Å². The van der Waals surface area contributed by atoms with E-state index in [1.165, 1.54) is 0 Å². The van der Waals surface area contributed by atoms with Gasteiger partial charge in [0.05, 0.1) is 0 Å². The lowest BCUT2D eigenvalue weighted by Gasteiger charge is -2.46. The maximum absolute atomic E-state index is 9.65. The summed E-state index contributed by atoms with van der Waals surface area (Å²) >= 11 is 0. The largest absolute Gasteiger partial charge is 0.301 e. The third-order valence-electron chi connectivity index (χ3n) is 3.93. The fourth-order valence-electron chi connectivity index (χ4n) is 2.58. The molecule has 2 atom stereocenters. The van der Waals surface area contributed by atoms with Crippen LogP contribution in [-0.4, -0.2) is 40.2 Å². The summed E-state index contributed by atoms with van der Waals surface area (Å²) in [6.07, 6.45) is 1.69. The Balaban J connectivity index is 2.35. The molecule has 4 heteroatoms. The van der Waals surface area contributed by atoms with Crippen molar-refractivity contribution in [2.75, 3.05) is 13.6 Å². The molecule has 0 aliphatic carbocycles. The highest BCUT2D eigenvalue weighted by molar-refractivity contribution is 5.25. The molecule has 17 heavy (non-hydrogen) atoms. The van der Waals surface area contributed by atoms with Crippen molar-refractivity contribution in [3.05, 3.63) is 35.9 Å². The first-order valence-electron chi connectivity index (χ1n) is 6.00. The number of benzene rings is 1. The molecule has 94 valence electrons. The number of hydrogen-bond donors (Lipinski definition) is 2. The van der Waals surface area contributed by atoms with Gasteiger partial charge in [-0.05, 0) is 32.4 Å². The van der Waals surface area contributed by atoms with Gasteiger partial charge in [0.1, 0.15) is 5.54 Å². The lowest BCUT2D eigenvalue weighted by molar-refractivity contribution is -0.375. The van der Waals surface area contributed by atoms with Crippen LogP contribution in [0.5, 0.6) is 0 Å². The van der Waals surface area contributed by atoms with E-state index < -0.39 is 5.54 Å². The van der Waals surface area contributed by atoms with E-state index in [-0.39, 0.29) is 0 Å². The predicted octanol–water partition coefficient (Wildman–Crippen LogP) is 2.08. The summed E-state index contributed by atoms with van der Waals surface area (Å²) in [5.41, 5.74) is 0.242. The Hall–Kier alpha value is -0.940. The molecule has 1 aromatic carbocycles. The van der Waals surface area contributed by atoms with Gasteiger partial charge in [-0.2, -0.15) is 0 Å². The van der Waals surface area contributed by atoms with Crippen LogP contribution >= 0.6 is 0 Å². The van der Waals surface area contributed by atoms with Crippen LogP contribution in [0.25, 0.3) is 0 Å². The number of piperidine rings is 1. The molecule has 2 N–H and O–H groups in total. The van der Waals surface area contributed by atoms with E-state index in [9.17, 15) is 10.4 Å². The van der Waals surface area contributed by atoms with Crippen molar-refractivity contribution in [3.63, 3.8) is 0 Å². The van der Waals surface area contributed by atoms with Gasteiger partial charge < -0.3 is 4.90 Å². The molecule has 0 aromatic heterocycles. The normalized spacial score (nSPS) is 30.8. The van der Waals surface area contributed by atoms with Crippen LogP contribution in [0.2, 0.25) is 0 Å². The van der Waals surface area contributed by atoms with Crippen molar-refractivity contribution in [2.45, 2.75) is 31.3 Å². The lowest BCUT2D eigenvalue weighted by Crippen LogP contribution is -2.55. The van der Waals surface area contributed by atoms with Gasteiger partial charge in [-0.15, -0.1) is 0 Å². The van der Waals surface area contributed by atoms with Crippen LogP contribution in [-0.2, 0) is 5.54 Å². The van der Waals surface area contributed by atoms with E-state index in [0.717, 1.165) is 18.4 Å². The third-order valence-corrected chi connectivity index (χ3v) is 3.93. The molecule has 0 radical (unpaired) electrons. The van der Waals surface area contributed by atoms with Crippen LogP contribution in [0.4, 0.5) is 0 Å². The standard InChI is InChI=1S/C13H20N2O2/c1-11-8-9-13(15(16)17,10-14(11)2)12-6-4-3-5-7-12/h3-7,11,16-17H,8-10H2,1-2H3. The molecule has 1 aromatic rings. The van der Waals surface area contributed by atoms with Crippen LogP contribution in [0.15, 0.2) is 30.3 Å². The smallest absolute Gasteiger partial charge is 0.111 e. The van der Waals surface area contributed by atoms with Gasteiger partial charge in [0.25, 0.3) is 0 Å². The first kappa shape index (κ1) is 12.5. The first-order chi connectivity index (χ1) is 8.06. The third kappa shape index (κ3) is 2.21. The number of hydrogen-bond acceptors (Lipinski definition) is 4. The topological polar surface area (TPSA) is 46.9 Å². The van der Waals surface area contributed by atoms with Crippen LogP contribution < -0.4 is 0 Å². The van der Waals surface area contributed by atoms with Gasteiger partial charge in [0, 0.05) is 12.6 Å². The van der Waals surface area contributed by atoms with Crippen molar-refractivity contribution in [1.82, 2.24) is 10.1 Å². The number of nitrogens with zero attached hydrogens (tertiary/aromatic N) is 2. The Morgan fingerprint density at radius 3 is 2.47 bits per heavy atom.